The largest absolute Gasteiger partial charge is 0.449 e. The Bertz CT molecular complexity index is 1110. The Hall–Kier alpha value is -3.47. The van der Waals surface area contributed by atoms with E-state index in [1.54, 1.807) is 0 Å². The van der Waals surface area contributed by atoms with E-state index in [-0.39, 0.29) is 16.4 Å². The lowest BCUT2D eigenvalue weighted by Crippen LogP contribution is -2.30. The summed E-state index contributed by atoms with van der Waals surface area (Å²) in [5, 5.41) is 4.14. The molecule has 0 bridgehead atoms. The Balaban J connectivity index is 1.61. The predicted molar refractivity (Wildman–Crippen MR) is 104 cm³/mol. The lowest BCUT2D eigenvalue weighted by molar-refractivity contribution is -0.123. The minimum atomic E-state index is -3.05. The van der Waals surface area contributed by atoms with E-state index in [4.69, 9.17) is 4.74 Å². The molecule has 0 aliphatic carbocycles. The molecule has 31 heavy (non-hydrogen) atoms. The van der Waals surface area contributed by atoms with E-state index >= 15 is 0 Å². The number of anilines is 1. The standard InChI is InChI=1S/C20H14F4N2O4S/c1-10(29-18(28)12-3-2-4-13(7-12)30-19(23)24)17(27)26-20-25-16(9-31-20)11-5-6-14(21)15(22)8-11/h2-10,19H,1H3,(H,25,26,27). The van der Waals surface area contributed by atoms with Gasteiger partial charge in [-0.05, 0) is 43.3 Å². The fraction of sp³-hybridized carbons (Fsp3) is 0.150. The van der Waals surface area contributed by atoms with E-state index in [1.165, 1.54) is 36.6 Å². The number of halogens is 4. The number of ether oxygens (including phenoxy) is 2. The van der Waals surface area contributed by atoms with Gasteiger partial charge < -0.3 is 9.47 Å². The Morgan fingerprint density at radius 3 is 2.58 bits per heavy atom. The third-order valence-electron chi connectivity index (χ3n) is 3.90. The fourth-order valence-corrected chi connectivity index (χ4v) is 3.13. The van der Waals surface area contributed by atoms with Gasteiger partial charge in [0.2, 0.25) is 0 Å². The highest BCUT2D eigenvalue weighted by molar-refractivity contribution is 7.14. The second-order valence-electron chi connectivity index (χ2n) is 6.11. The van der Waals surface area contributed by atoms with Gasteiger partial charge in [-0.3, -0.25) is 10.1 Å². The van der Waals surface area contributed by atoms with Crippen molar-refractivity contribution in [2.24, 2.45) is 0 Å². The number of amides is 1. The molecule has 0 radical (unpaired) electrons. The SMILES string of the molecule is CC(OC(=O)c1cccc(OC(F)F)c1)C(=O)Nc1nc(-c2ccc(F)c(F)c2)cs1. The minimum absolute atomic E-state index is 0.0762. The van der Waals surface area contributed by atoms with Gasteiger partial charge in [0, 0.05) is 10.9 Å². The molecule has 1 atom stereocenters. The van der Waals surface area contributed by atoms with Crippen molar-refractivity contribution in [3.05, 3.63) is 65.0 Å². The number of alkyl halides is 2. The highest BCUT2D eigenvalue weighted by atomic mass is 32.1. The molecule has 0 saturated heterocycles. The first-order valence-corrected chi connectivity index (χ1v) is 9.58. The maximum absolute atomic E-state index is 13.4. The summed E-state index contributed by atoms with van der Waals surface area (Å²) in [6.45, 7) is -1.73. The molecule has 1 N–H and O–H groups in total. The van der Waals surface area contributed by atoms with E-state index in [9.17, 15) is 27.2 Å². The van der Waals surface area contributed by atoms with Gasteiger partial charge in [0.15, 0.2) is 22.9 Å². The lowest BCUT2D eigenvalue weighted by atomic mass is 10.2. The van der Waals surface area contributed by atoms with Gasteiger partial charge in [0.25, 0.3) is 5.91 Å². The monoisotopic (exact) mass is 454 g/mol. The van der Waals surface area contributed by atoms with Crippen LogP contribution < -0.4 is 10.1 Å². The second kappa shape index (κ2) is 9.56. The fourth-order valence-electron chi connectivity index (χ4n) is 2.41. The molecule has 0 spiro atoms. The number of rotatable bonds is 7. The van der Waals surface area contributed by atoms with Crippen LogP contribution in [0.2, 0.25) is 0 Å². The van der Waals surface area contributed by atoms with Crippen molar-refractivity contribution in [3.63, 3.8) is 0 Å². The number of aromatic nitrogens is 1. The first kappa shape index (κ1) is 22.2. The number of nitrogens with zero attached hydrogens (tertiary/aromatic N) is 1. The van der Waals surface area contributed by atoms with E-state index in [2.05, 4.69) is 15.0 Å². The topological polar surface area (TPSA) is 77.5 Å². The molecule has 3 rings (SSSR count). The van der Waals surface area contributed by atoms with Crippen LogP contribution in [0.3, 0.4) is 0 Å². The highest BCUT2D eigenvalue weighted by Gasteiger charge is 2.21. The molecule has 2 aromatic carbocycles. The third kappa shape index (κ3) is 5.79. The highest BCUT2D eigenvalue weighted by Crippen LogP contribution is 2.26. The number of hydrogen-bond acceptors (Lipinski definition) is 6. The Morgan fingerprint density at radius 1 is 1.10 bits per heavy atom. The lowest BCUT2D eigenvalue weighted by Gasteiger charge is -2.13. The average molecular weight is 454 g/mol. The van der Waals surface area contributed by atoms with Crippen LogP contribution in [0.5, 0.6) is 5.75 Å². The normalized spacial score (nSPS) is 11.8. The molecule has 1 amide bonds. The summed E-state index contributed by atoms with van der Waals surface area (Å²) in [5.74, 6) is -3.85. The van der Waals surface area contributed by atoms with Gasteiger partial charge in [-0.2, -0.15) is 8.78 Å². The van der Waals surface area contributed by atoms with E-state index < -0.39 is 36.2 Å². The van der Waals surface area contributed by atoms with Gasteiger partial charge in [-0.15, -0.1) is 11.3 Å². The van der Waals surface area contributed by atoms with Crippen molar-refractivity contribution >= 4 is 28.3 Å². The van der Waals surface area contributed by atoms with Gasteiger partial charge >= 0.3 is 12.6 Å². The molecule has 0 aliphatic heterocycles. The summed E-state index contributed by atoms with van der Waals surface area (Å²) in [6.07, 6.45) is -1.23. The third-order valence-corrected chi connectivity index (χ3v) is 4.66. The second-order valence-corrected chi connectivity index (χ2v) is 6.97. The molecule has 0 aliphatic rings. The number of nitrogens with one attached hydrogen (secondary N) is 1. The molecule has 0 saturated carbocycles. The van der Waals surface area contributed by atoms with Crippen LogP contribution in [0.1, 0.15) is 17.3 Å². The van der Waals surface area contributed by atoms with E-state index in [1.807, 2.05) is 0 Å². The van der Waals surface area contributed by atoms with Crippen molar-refractivity contribution in [3.8, 4) is 17.0 Å². The van der Waals surface area contributed by atoms with Crippen LogP contribution in [0.25, 0.3) is 11.3 Å². The summed E-state index contributed by atoms with van der Waals surface area (Å²) in [6, 6.07) is 8.24. The Labute approximate surface area is 177 Å². The van der Waals surface area contributed by atoms with Gasteiger partial charge in [0.1, 0.15) is 5.75 Å². The molecule has 1 heterocycles. The summed E-state index contributed by atoms with van der Waals surface area (Å²) in [5.41, 5.74) is 0.563. The van der Waals surface area contributed by atoms with Crippen molar-refractivity contribution in [1.82, 2.24) is 4.98 Å². The van der Waals surface area contributed by atoms with E-state index in [0.717, 1.165) is 29.5 Å². The first-order chi connectivity index (χ1) is 14.7. The number of benzene rings is 2. The summed E-state index contributed by atoms with van der Waals surface area (Å²) in [4.78, 5) is 28.6. The number of esters is 1. The zero-order chi connectivity index (χ0) is 22.5. The summed E-state index contributed by atoms with van der Waals surface area (Å²) < 4.78 is 60.3. The van der Waals surface area contributed by atoms with Crippen LogP contribution in [-0.2, 0) is 9.53 Å². The number of thiazole rings is 1. The molecule has 11 heteroatoms. The molecular formula is C20H14F4N2O4S. The molecule has 1 unspecified atom stereocenters. The molecule has 1 aromatic heterocycles. The predicted octanol–water partition coefficient (Wildman–Crippen LogP) is 4.87. The van der Waals surface area contributed by atoms with Gasteiger partial charge in [-0.25, -0.2) is 18.6 Å². The van der Waals surface area contributed by atoms with Crippen LogP contribution in [0.4, 0.5) is 22.7 Å². The molecule has 6 nitrogen and oxygen atoms in total. The van der Waals surface area contributed by atoms with Crippen LogP contribution >= 0.6 is 11.3 Å². The van der Waals surface area contributed by atoms with Crippen molar-refractivity contribution in [2.75, 3.05) is 5.32 Å². The van der Waals surface area contributed by atoms with Crippen molar-refractivity contribution in [1.29, 1.82) is 0 Å². The Kier molecular flexibility index (Phi) is 6.85. The van der Waals surface area contributed by atoms with Crippen LogP contribution in [0.15, 0.2) is 47.8 Å². The Morgan fingerprint density at radius 2 is 1.87 bits per heavy atom. The van der Waals surface area contributed by atoms with E-state index in [0.29, 0.717) is 11.3 Å². The maximum atomic E-state index is 13.4. The molecule has 0 fully saturated rings. The zero-order valence-corrected chi connectivity index (χ0v) is 16.6. The minimum Gasteiger partial charge on any atom is -0.449 e. The smallest absolute Gasteiger partial charge is 0.387 e. The van der Waals surface area contributed by atoms with Crippen LogP contribution in [0, 0.1) is 11.6 Å². The van der Waals surface area contributed by atoms with Crippen LogP contribution in [-0.4, -0.2) is 29.6 Å². The zero-order valence-electron chi connectivity index (χ0n) is 15.8. The molecule has 162 valence electrons. The van der Waals surface area contributed by atoms with Gasteiger partial charge in [0.05, 0.1) is 11.3 Å². The molecular weight excluding hydrogens is 440 g/mol. The molecule has 3 aromatic rings. The number of carbonyl (C=O) groups excluding carboxylic acids is 2. The maximum Gasteiger partial charge on any atom is 0.387 e. The van der Waals surface area contributed by atoms with Crippen molar-refractivity contribution < 1.29 is 36.6 Å². The number of carbonyl (C=O) groups is 2. The summed E-state index contributed by atoms with van der Waals surface area (Å²) >= 11 is 1.04. The van der Waals surface area contributed by atoms with Gasteiger partial charge in [-0.1, -0.05) is 6.07 Å². The quantitative estimate of drug-likeness (QED) is 0.407. The average Bonchev–Trinajstić information content (AvgIpc) is 3.18. The van der Waals surface area contributed by atoms with Crippen molar-refractivity contribution in [2.45, 2.75) is 19.6 Å². The number of hydrogen-bond donors (Lipinski definition) is 1. The summed E-state index contributed by atoms with van der Waals surface area (Å²) in [7, 11) is 0. The first-order valence-electron chi connectivity index (χ1n) is 8.70.